The molecule has 19 heavy (non-hydrogen) atoms. The van der Waals surface area contributed by atoms with E-state index >= 15 is 0 Å². The summed E-state index contributed by atoms with van der Waals surface area (Å²) in [6, 6.07) is 12.4. The molecule has 0 radical (unpaired) electrons. The lowest BCUT2D eigenvalue weighted by molar-refractivity contribution is 0.241. The molecule has 0 spiro atoms. The second-order valence-corrected chi connectivity index (χ2v) is 7.59. The molecule has 2 nitrogen and oxygen atoms in total. The lowest BCUT2D eigenvalue weighted by Crippen LogP contribution is -2.33. The summed E-state index contributed by atoms with van der Waals surface area (Å²) in [5.41, 5.74) is 1.24. The first-order chi connectivity index (χ1) is 9.19. The van der Waals surface area contributed by atoms with E-state index in [1.54, 1.807) is 11.3 Å². The van der Waals surface area contributed by atoms with Crippen LogP contribution in [0.2, 0.25) is 0 Å². The fraction of sp³-hybridized carbons (Fsp3) is 0.286. The molecule has 2 aromatic rings. The Kier molecular flexibility index (Phi) is 6.04. The van der Waals surface area contributed by atoms with Crippen LogP contribution in [0.15, 0.2) is 44.7 Å². The van der Waals surface area contributed by atoms with E-state index in [0.717, 1.165) is 21.2 Å². The highest BCUT2D eigenvalue weighted by molar-refractivity contribution is 9.13. The minimum Gasteiger partial charge on any atom is -0.395 e. The quantitative estimate of drug-likeness (QED) is 0.763. The zero-order valence-corrected chi connectivity index (χ0v) is 14.3. The molecule has 0 fully saturated rings. The SMILES string of the molecule is OC[C@@H](Cc1ccccc1)NCc1cc(Br)c(Br)s1. The maximum absolute atomic E-state index is 9.45. The molecule has 0 saturated heterocycles. The van der Waals surface area contributed by atoms with Crippen molar-refractivity contribution >= 4 is 43.2 Å². The standard InChI is InChI=1S/C14H15Br2NOS/c15-13-7-12(19-14(13)16)8-17-11(9-18)6-10-4-2-1-3-5-10/h1-5,7,11,17-18H,6,8-9H2/t11-/m1/s1. The van der Waals surface area contributed by atoms with Gasteiger partial charge >= 0.3 is 0 Å². The van der Waals surface area contributed by atoms with Crippen molar-refractivity contribution in [2.24, 2.45) is 0 Å². The van der Waals surface area contributed by atoms with E-state index in [9.17, 15) is 5.11 Å². The monoisotopic (exact) mass is 403 g/mol. The molecule has 0 aliphatic carbocycles. The zero-order chi connectivity index (χ0) is 13.7. The van der Waals surface area contributed by atoms with E-state index in [1.165, 1.54) is 10.4 Å². The van der Waals surface area contributed by atoms with Crippen molar-refractivity contribution in [3.8, 4) is 0 Å². The van der Waals surface area contributed by atoms with Gasteiger partial charge in [0.15, 0.2) is 0 Å². The molecule has 0 bridgehead atoms. The number of halogens is 2. The third-order valence-electron chi connectivity index (χ3n) is 2.81. The summed E-state index contributed by atoms with van der Waals surface area (Å²) in [6.07, 6.45) is 0.838. The average molecular weight is 405 g/mol. The largest absolute Gasteiger partial charge is 0.395 e. The van der Waals surface area contributed by atoms with Gasteiger partial charge in [0, 0.05) is 21.9 Å². The highest BCUT2D eigenvalue weighted by Crippen LogP contribution is 2.32. The number of aliphatic hydroxyl groups is 1. The van der Waals surface area contributed by atoms with Crippen LogP contribution in [-0.2, 0) is 13.0 Å². The van der Waals surface area contributed by atoms with E-state index in [0.29, 0.717) is 0 Å². The second-order valence-electron chi connectivity index (χ2n) is 4.28. The molecule has 0 aliphatic heterocycles. The summed E-state index contributed by atoms with van der Waals surface area (Å²) in [5, 5.41) is 12.8. The van der Waals surface area contributed by atoms with Crippen LogP contribution in [0.25, 0.3) is 0 Å². The molecule has 1 atom stereocenters. The van der Waals surface area contributed by atoms with Crippen LogP contribution in [0.5, 0.6) is 0 Å². The summed E-state index contributed by atoms with van der Waals surface area (Å²) in [7, 11) is 0. The van der Waals surface area contributed by atoms with Gasteiger partial charge in [-0.2, -0.15) is 0 Å². The lowest BCUT2D eigenvalue weighted by Gasteiger charge is -2.15. The van der Waals surface area contributed by atoms with E-state index < -0.39 is 0 Å². The molecule has 2 N–H and O–H groups in total. The van der Waals surface area contributed by atoms with Gasteiger partial charge in [-0.25, -0.2) is 0 Å². The Bertz CT molecular complexity index is 496. The predicted molar refractivity (Wildman–Crippen MR) is 87.6 cm³/mol. The third kappa shape index (κ3) is 4.68. The van der Waals surface area contributed by atoms with Crippen LogP contribution in [0.3, 0.4) is 0 Å². The van der Waals surface area contributed by atoms with Crippen molar-refractivity contribution < 1.29 is 5.11 Å². The van der Waals surface area contributed by atoms with E-state index in [4.69, 9.17) is 0 Å². The zero-order valence-electron chi connectivity index (χ0n) is 10.3. The van der Waals surface area contributed by atoms with Crippen LogP contribution < -0.4 is 5.32 Å². The molecular formula is C14H15Br2NOS. The number of benzene rings is 1. The van der Waals surface area contributed by atoms with Crippen molar-refractivity contribution in [2.75, 3.05) is 6.61 Å². The van der Waals surface area contributed by atoms with Gasteiger partial charge in [-0.1, -0.05) is 30.3 Å². The summed E-state index contributed by atoms with van der Waals surface area (Å²) < 4.78 is 2.19. The van der Waals surface area contributed by atoms with Crippen LogP contribution in [0, 0.1) is 0 Å². The van der Waals surface area contributed by atoms with Gasteiger partial charge in [-0.15, -0.1) is 11.3 Å². The van der Waals surface area contributed by atoms with Crippen molar-refractivity contribution in [1.29, 1.82) is 0 Å². The molecule has 5 heteroatoms. The van der Waals surface area contributed by atoms with E-state index in [2.05, 4.69) is 55.4 Å². The van der Waals surface area contributed by atoms with Gasteiger partial charge in [-0.3, -0.25) is 0 Å². The van der Waals surface area contributed by atoms with Gasteiger partial charge in [0.05, 0.1) is 10.4 Å². The Labute approximate surface area is 134 Å². The minimum atomic E-state index is 0.0852. The number of aliphatic hydroxyl groups excluding tert-OH is 1. The Morgan fingerprint density at radius 3 is 2.53 bits per heavy atom. The highest BCUT2D eigenvalue weighted by Gasteiger charge is 2.10. The van der Waals surface area contributed by atoms with Crippen LogP contribution in [0.4, 0.5) is 0 Å². The molecule has 0 amide bonds. The van der Waals surface area contributed by atoms with Crippen molar-refractivity contribution in [3.63, 3.8) is 0 Å². The first kappa shape index (κ1) is 15.2. The molecule has 0 aliphatic rings. The second kappa shape index (κ2) is 7.55. The van der Waals surface area contributed by atoms with Crippen molar-refractivity contribution in [1.82, 2.24) is 5.32 Å². The van der Waals surface area contributed by atoms with E-state index in [1.807, 2.05) is 18.2 Å². The Hall–Kier alpha value is -0.200. The van der Waals surface area contributed by atoms with Gasteiger partial charge in [0.1, 0.15) is 0 Å². The fourth-order valence-electron chi connectivity index (χ4n) is 1.82. The summed E-state index contributed by atoms with van der Waals surface area (Å²) in [4.78, 5) is 1.24. The molecule has 0 saturated carbocycles. The van der Waals surface area contributed by atoms with Crippen molar-refractivity contribution in [3.05, 3.63) is 55.1 Å². The van der Waals surface area contributed by atoms with Crippen molar-refractivity contribution in [2.45, 2.75) is 19.0 Å². The number of hydrogen-bond donors (Lipinski definition) is 2. The van der Waals surface area contributed by atoms with Gasteiger partial charge in [0.25, 0.3) is 0 Å². The smallest absolute Gasteiger partial charge is 0.0843 e. The number of hydrogen-bond acceptors (Lipinski definition) is 3. The first-order valence-corrected chi connectivity index (χ1v) is 8.41. The topological polar surface area (TPSA) is 32.3 Å². The number of rotatable bonds is 6. The van der Waals surface area contributed by atoms with Gasteiger partial charge in [-0.05, 0) is 49.9 Å². The Morgan fingerprint density at radius 2 is 1.95 bits per heavy atom. The molecule has 2 rings (SSSR count). The molecular weight excluding hydrogens is 390 g/mol. The molecule has 1 heterocycles. The van der Waals surface area contributed by atoms with Crippen LogP contribution >= 0.6 is 43.2 Å². The summed E-state index contributed by atoms with van der Waals surface area (Å²) in [6.45, 7) is 0.912. The van der Waals surface area contributed by atoms with Gasteiger partial charge in [0.2, 0.25) is 0 Å². The average Bonchev–Trinajstić information content (AvgIpc) is 2.75. The summed E-state index contributed by atoms with van der Waals surface area (Å²) >= 11 is 8.67. The molecule has 0 unspecified atom stereocenters. The predicted octanol–water partition coefficient (Wildman–Crippen LogP) is 3.97. The highest BCUT2D eigenvalue weighted by atomic mass is 79.9. The maximum Gasteiger partial charge on any atom is 0.0843 e. The first-order valence-electron chi connectivity index (χ1n) is 6.01. The number of nitrogens with one attached hydrogen (secondary N) is 1. The molecule has 1 aromatic carbocycles. The van der Waals surface area contributed by atoms with Crippen LogP contribution in [0.1, 0.15) is 10.4 Å². The number of thiophene rings is 1. The van der Waals surface area contributed by atoms with Gasteiger partial charge < -0.3 is 10.4 Å². The maximum atomic E-state index is 9.45. The Morgan fingerprint density at radius 1 is 1.21 bits per heavy atom. The fourth-order valence-corrected chi connectivity index (χ4v) is 3.95. The molecule has 102 valence electrons. The minimum absolute atomic E-state index is 0.0852. The molecule has 1 aromatic heterocycles. The third-order valence-corrected chi connectivity index (χ3v) is 6.06. The van der Waals surface area contributed by atoms with E-state index in [-0.39, 0.29) is 12.6 Å². The Balaban J connectivity index is 1.89. The normalized spacial score (nSPS) is 12.6. The van der Waals surface area contributed by atoms with Crippen LogP contribution in [-0.4, -0.2) is 17.8 Å². The summed E-state index contributed by atoms with van der Waals surface area (Å²) in [5.74, 6) is 0. The lowest BCUT2D eigenvalue weighted by atomic mass is 10.1.